The maximum atomic E-state index is 14.1. The van der Waals surface area contributed by atoms with Crippen molar-refractivity contribution in [2.24, 2.45) is 0 Å². The summed E-state index contributed by atoms with van der Waals surface area (Å²) in [7, 11) is -4.37. The molecule has 0 spiro atoms. The van der Waals surface area contributed by atoms with E-state index in [0.717, 1.165) is 6.08 Å². The first-order valence-electron chi connectivity index (χ1n) is 4.83. The SMILES string of the molecule is CC=CC(F)(C(=O)O)P(=O)(OCC)OCC. The van der Waals surface area contributed by atoms with E-state index in [0.29, 0.717) is 6.08 Å². The summed E-state index contributed by atoms with van der Waals surface area (Å²) in [4.78, 5) is 10.8. The standard InChI is InChI=1S/C9H16FO5P/c1-4-7-9(10,8(11)12)16(13,14-5-2)15-6-3/h4,7H,5-6H2,1-3H3,(H,11,12). The number of allylic oxidation sites excluding steroid dienone is 1. The van der Waals surface area contributed by atoms with Gasteiger partial charge in [-0.1, -0.05) is 6.08 Å². The fourth-order valence-corrected chi connectivity index (χ4v) is 2.76. The van der Waals surface area contributed by atoms with Gasteiger partial charge < -0.3 is 14.2 Å². The van der Waals surface area contributed by atoms with Gasteiger partial charge in [-0.25, -0.2) is 9.18 Å². The molecule has 0 aromatic rings. The molecule has 0 aromatic heterocycles. The zero-order valence-corrected chi connectivity index (χ0v) is 10.4. The highest BCUT2D eigenvalue weighted by Crippen LogP contribution is 2.61. The Morgan fingerprint density at radius 1 is 1.44 bits per heavy atom. The molecule has 0 aromatic carbocycles. The smallest absolute Gasteiger partial charge is 0.383 e. The van der Waals surface area contributed by atoms with Crippen molar-refractivity contribution < 1.29 is 27.9 Å². The lowest BCUT2D eigenvalue weighted by molar-refractivity contribution is -0.144. The molecular weight excluding hydrogens is 238 g/mol. The van der Waals surface area contributed by atoms with Gasteiger partial charge in [-0.15, -0.1) is 0 Å². The third-order valence-corrected chi connectivity index (χ3v) is 4.02. The quantitative estimate of drug-likeness (QED) is 0.558. The summed E-state index contributed by atoms with van der Waals surface area (Å²) in [5, 5.41) is 5.65. The Morgan fingerprint density at radius 3 is 2.12 bits per heavy atom. The molecule has 16 heavy (non-hydrogen) atoms. The summed E-state index contributed by atoms with van der Waals surface area (Å²) in [6.45, 7) is 4.16. The number of rotatable bonds is 7. The number of hydrogen-bond donors (Lipinski definition) is 1. The van der Waals surface area contributed by atoms with Gasteiger partial charge in [0.15, 0.2) is 0 Å². The lowest BCUT2D eigenvalue weighted by Gasteiger charge is -2.26. The third-order valence-electron chi connectivity index (χ3n) is 1.68. The van der Waals surface area contributed by atoms with Crippen LogP contribution in [0.4, 0.5) is 4.39 Å². The Kier molecular flexibility index (Phi) is 5.86. The number of carbonyl (C=O) groups is 1. The highest BCUT2D eigenvalue weighted by atomic mass is 31.2. The fourth-order valence-electron chi connectivity index (χ4n) is 1.07. The van der Waals surface area contributed by atoms with E-state index in [2.05, 4.69) is 9.05 Å². The van der Waals surface area contributed by atoms with Crippen LogP contribution in [0.3, 0.4) is 0 Å². The van der Waals surface area contributed by atoms with Gasteiger partial charge in [-0.05, 0) is 26.8 Å². The zero-order chi connectivity index (χ0) is 12.8. The fraction of sp³-hybridized carbons (Fsp3) is 0.667. The van der Waals surface area contributed by atoms with E-state index in [-0.39, 0.29) is 13.2 Å². The molecule has 0 aliphatic rings. The number of carboxylic acids is 1. The van der Waals surface area contributed by atoms with Crippen LogP contribution in [0.5, 0.6) is 0 Å². The first kappa shape index (κ1) is 15.3. The maximum Gasteiger partial charge on any atom is 0.383 e. The number of carboxylic acid groups (broad SMARTS) is 1. The monoisotopic (exact) mass is 254 g/mol. The van der Waals surface area contributed by atoms with E-state index in [1.165, 1.54) is 20.8 Å². The highest BCUT2D eigenvalue weighted by molar-refractivity contribution is 7.56. The first-order valence-corrected chi connectivity index (χ1v) is 6.37. The number of aliphatic carboxylic acids is 1. The van der Waals surface area contributed by atoms with Crippen molar-refractivity contribution >= 4 is 13.6 Å². The van der Waals surface area contributed by atoms with Crippen molar-refractivity contribution in [1.82, 2.24) is 0 Å². The van der Waals surface area contributed by atoms with Gasteiger partial charge in [-0.3, -0.25) is 4.57 Å². The minimum atomic E-state index is -4.37. The second kappa shape index (κ2) is 6.13. The number of hydrogen-bond acceptors (Lipinski definition) is 4. The van der Waals surface area contributed by atoms with E-state index in [4.69, 9.17) is 5.11 Å². The third kappa shape index (κ3) is 2.90. The molecular formula is C9H16FO5P. The van der Waals surface area contributed by atoms with Crippen molar-refractivity contribution in [3.05, 3.63) is 12.2 Å². The molecule has 0 bridgehead atoms. The van der Waals surface area contributed by atoms with Gasteiger partial charge in [0, 0.05) is 0 Å². The summed E-state index contributed by atoms with van der Waals surface area (Å²) in [5.41, 5.74) is 0. The molecule has 1 atom stereocenters. The molecule has 0 amide bonds. The predicted octanol–water partition coefficient (Wildman–Crippen LogP) is 2.58. The summed E-state index contributed by atoms with van der Waals surface area (Å²) in [6.07, 6.45) is 1.82. The average Bonchev–Trinajstić information content (AvgIpc) is 2.18. The van der Waals surface area contributed by atoms with Crippen LogP contribution in [0, 0.1) is 0 Å². The average molecular weight is 254 g/mol. The van der Waals surface area contributed by atoms with E-state index < -0.39 is 19.0 Å². The van der Waals surface area contributed by atoms with Gasteiger partial charge in [0.25, 0.3) is 0 Å². The summed E-state index contributed by atoms with van der Waals surface area (Å²) in [5.74, 6) is -1.89. The van der Waals surface area contributed by atoms with Gasteiger partial charge in [-0.2, -0.15) is 0 Å². The van der Waals surface area contributed by atoms with E-state index in [9.17, 15) is 13.8 Å². The summed E-state index contributed by atoms with van der Waals surface area (Å²) < 4.78 is 35.5. The molecule has 0 aliphatic heterocycles. The van der Waals surface area contributed by atoms with Crippen molar-refractivity contribution in [3.63, 3.8) is 0 Å². The Labute approximate surface area is 93.8 Å². The van der Waals surface area contributed by atoms with Gasteiger partial charge in [0.1, 0.15) is 0 Å². The normalized spacial score (nSPS) is 16.2. The van der Waals surface area contributed by atoms with Crippen LogP contribution in [0.15, 0.2) is 12.2 Å². The van der Waals surface area contributed by atoms with Gasteiger partial charge in [0.2, 0.25) is 0 Å². The molecule has 1 unspecified atom stereocenters. The number of halogens is 1. The van der Waals surface area contributed by atoms with Crippen molar-refractivity contribution in [1.29, 1.82) is 0 Å². The van der Waals surface area contributed by atoms with E-state index in [1.54, 1.807) is 0 Å². The van der Waals surface area contributed by atoms with E-state index >= 15 is 0 Å². The second-order valence-corrected chi connectivity index (χ2v) is 4.97. The molecule has 1 N–H and O–H groups in total. The molecule has 0 fully saturated rings. The van der Waals surface area contributed by atoms with Crippen LogP contribution >= 0.6 is 7.60 Å². The first-order chi connectivity index (χ1) is 7.38. The van der Waals surface area contributed by atoms with Crippen molar-refractivity contribution in [3.8, 4) is 0 Å². The lowest BCUT2D eigenvalue weighted by Crippen LogP contribution is -2.33. The van der Waals surface area contributed by atoms with Crippen LogP contribution < -0.4 is 0 Å². The Bertz CT molecular complexity index is 307. The maximum absolute atomic E-state index is 14.1. The van der Waals surface area contributed by atoms with Crippen LogP contribution in [0.2, 0.25) is 0 Å². The van der Waals surface area contributed by atoms with Crippen LogP contribution in [-0.2, 0) is 18.4 Å². The molecule has 5 nitrogen and oxygen atoms in total. The molecule has 0 aliphatic carbocycles. The minimum absolute atomic E-state index is 0.103. The van der Waals surface area contributed by atoms with Gasteiger partial charge in [0.05, 0.1) is 13.2 Å². The van der Waals surface area contributed by atoms with Crippen LogP contribution in [0.1, 0.15) is 20.8 Å². The van der Waals surface area contributed by atoms with E-state index in [1.807, 2.05) is 0 Å². The Balaban J connectivity index is 5.43. The van der Waals surface area contributed by atoms with Crippen molar-refractivity contribution in [2.75, 3.05) is 13.2 Å². The van der Waals surface area contributed by atoms with Gasteiger partial charge >= 0.3 is 19.0 Å². The topological polar surface area (TPSA) is 72.8 Å². The zero-order valence-electron chi connectivity index (χ0n) is 9.47. The largest absolute Gasteiger partial charge is 0.478 e. The molecule has 0 heterocycles. The molecule has 7 heteroatoms. The summed E-state index contributed by atoms with van der Waals surface area (Å²) in [6, 6.07) is 0. The predicted molar refractivity (Wildman–Crippen MR) is 57.1 cm³/mol. The van der Waals surface area contributed by atoms with Crippen LogP contribution in [0.25, 0.3) is 0 Å². The highest BCUT2D eigenvalue weighted by Gasteiger charge is 2.56. The Hall–Kier alpha value is -0.710. The molecule has 94 valence electrons. The number of alkyl halides is 1. The van der Waals surface area contributed by atoms with Crippen molar-refractivity contribution in [2.45, 2.75) is 26.2 Å². The Morgan fingerprint density at radius 2 is 1.88 bits per heavy atom. The lowest BCUT2D eigenvalue weighted by atomic mass is 10.3. The molecule has 0 radical (unpaired) electrons. The second-order valence-electron chi connectivity index (χ2n) is 2.81. The molecule has 0 saturated heterocycles. The molecule has 0 rings (SSSR count). The summed E-state index contributed by atoms with van der Waals surface area (Å²) >= 11 is 0. The molecule has 0 saturated carbocycles. The van der Waals surface area contributed by atoms with Crippen LogP contribution in [-0.4, -0.2) is 29.7 Å². The minimum Gasteiger partial charge on any atom is -0.478 e.